The Balaban J connectivity index is 2.54. The molecule has 0 aliphatic heterocycles. The molecule has 0 radical (unpaired) electrons. The van der Waals surface area contributed by atoms with E-state index in [1.54, 1.807) is 37.2 Å². The number of rotatable bonds is 8. The van der Waals surface area contributed by atoms with Crippen LogP contribution in [-0.4, -0.2) is 44.4 Å². The third-order valence-corrected chi connectivity index (χ3v) is 2.70. The van der Waals surface area contributed by atoms with Crippen molar-refractivity contribution in [2.45, 2.75) is 19.8 Å². The van der Waals surface area contributed by atoms with Gasteiger partial charge in [-0.3, -0.25) is 9.59 Å². The van der Waals surface area contributed by atoms with Gasteiger partial charge in [-0.1, -0.05) is 0 Å². The fourth-order valence-electron chi connectivity index (χ4n) is 1.61. The lowest BCUT2D eigenvalue weighted by Crippen LogP contribution is -2.21. The highest BCUT2D eigenvalue weighted by atomic mass is 16.5. The number of carbonyl (C=O) groups is 2. The van der Waals surface area contributed by atoms with Crippen molar-refractivity contribution in [3.8, 4) is 11.5 Å². The number of benzene rings is 1. The number of hydrogen-bond donors (Lipinski definition) is 0. The third kappa shape index (κ3) is 4.91. The molecule has 0 fully saturated rings. The van der Waals surface area contributed by atoms with Crippen LogP contribution < -0.4 is 9.47 Å². The topological polar surface area (TPSA) is 55.8 Å². The van der Waals surface area contributed by atoms with Crippen LogP contribution in [0.15, 0.2) is 18.2 Å². The first-order valence-electron chi connectivity index (χ1n) is 6.63. The Bertz CT molecular complexity index is 457. The summed E-state index contributed by atoms with van der Waals surface area (Å²) in [6.07, 6.45) is 1.85. The van der Waals surface area contributed by atoms with E-state index < -0.39 is 0 Å². The van der Waals surface area contributed by atoms with Gasteiger partial charge in [0.05, 0.1) is 13.2 Å². The Labute approximate surface area is 119 Å². The van der Waals surface area contributed by atoms with Gasteiger partial charge in [-0.05, 0) is 31.5 Å². The van der Waals surface area contributed by atoms with Crippen molar-refractivity contribution < 1.29 is 19.1 Å². The molecule has 110 valence electrons. The molecule has 0 spiro atoms. The lowest BCUT2D eigenvalue weighted by atomic mass is 10.2. The van der Waals surface area contributed by atoms with Gasteiger partial charge in [0.1, 0.15) is 6.29 Å². The maximum atomic E-state index is 11.4. The molecule has 0 N–H and O–H groups in total. The van der Waals surface area contributed by atoms with Crippen molar-refractivity contribution in [2.24, 2.45) is 0 Å². The summed E-state index contributed by atoms with van der Waals surface area (Å²) in [5, 5.41) is 0. The molecule has 0 aliphatic rings. The standard InChI is InChI=1S/C15H21NO4/c1-4-19-14-10-12(11-17)7-8-13(14)20-9-5-6-15(18)16(2)3/h7-8,10-11H,4-6,9H2,1-3H3. The Kier molecular flexibility index (Phi) is 6.56. The number of aldehydes is 1. The van der Waals surface area contributed by atoms with E-state index in [1.807, 2.05) is 6.92 Å². The molecule has 1 aromatic rings. The normalized spacial score (nSPS) is 9.95. The molecule has 0 unspecified atom stereocenters. The minimum atomic E-state index is 0.0786. The molecule has 20 heavy (non-hydrogen) atoms. The molecule has 1 aromatic carbocycles. The van der Waals surface area contributed by atoms with Crippen LogP contribution in [0.25, 0.3) is 0 Å². The van der Waals surface area contributed by atoms with E-state index in [4.69, 9.17) is 9.47 Å². The molecule has 5 nitrogen and oxygen atoms in total. The summed E-state index contributed by atoms with van der Waals surface area (Å²) >= 11 is 0. The predicted octanol–water partition coefficient (Wildman–Crippen LogP) is 2.14. The quantitative estimate of drug-likeness (QED) is 0.540. The zero-order valence-electron chi connectivity index (χ0n) is 12.2. The molecule has 1 rings (SSSR count). The fraction of sp³-hybridized carbons (Fsp3) is 0.467. The Hall–Kier alpha value is -2.04. The summed E-state index contributed by atoms with van der Waals surface area (Å²) in [4.78, 5) is 23.7. The number of hydrogen-bond acceptors (Lipinski definition) is 4. The maximum Gasteiger partial charge on any atom is 0.222 e. The largest absolute Gasteiger partial charge is 0.490 e. The van der Waals surface area contributed by atoms with Gasteiger partial charge in [0.25, 0.3) is 0 Å². The van der Waals surface area contributed by atoms with Gasteiger partial charge in [0.2, 0.25) is 5.91 Å². The third-order valence-electron chi connectivity index (χ3n) is 2.70. The molecule has 0 heterocycles. The van der Waals surface area contributed by atoms with E-state index in [0.29, 0.717) is 43.1 Å². The summed E-state index contributed by atoms with van der Waals surface area (Å²) < 4.78 is 11.0. The van der Waals surface area contributed by atoms with E-state index in [2.05, 4.69) is 0 Å². The summed E-state index contributed by atoms with van der Waals surface area (Å²) in [7, 11) is 3.46. The Morgan fingerprint density at radius 2 is 2.00 bits per heavy atom. The zero-order chi connectivity index (χ0) is 15.0. The highest BCUT2D eigenvalue weighted by Crippen LogP contribution is 2.28. The second kappa shape index (κ2) is 8.19. The molecule has 0 atom stereocenters. The van der Waals surface area contributed by atoms with Gasteiger partial charge >= 0.3 is 0 Å². The molecule has 5 heteroatoms. The number of nitrogens with zero attached hydrogens (tertiary/aromatic N) is 1. The van der Waals surface area contributed by atoms with Gasteiger partial charge in [-0.25, -0.2) is 0 Å². The second-order valence-electron chi connectivity index (χ2n) is 4.50. The smallest absolute Gasteiger partial charge is 0.222 e. The summed E-state index contributed by atoms with van der Waals surface area (Å²) in [6.45, 7) is 2.80. The van der Waals surface area contributed by atoms with Crippen LogP contribution >= 0.6 is 0 Å². The highest BCUT2D eigenvalue weighted by molar-refractivity contribution is 5.76. The van der Waals surface area contributed by atoms with Crippen LogP contribution in [0, 0.1) is 0 Å². The lowest BCUT2D eigenvalue weighted by molar-refractivity contribution is -0.128. The number of carbonyl (C=O) groups excluding carboxylic acids is 2. The SMILES string of the molecule is CCOc1cc(C=O)ccc1OCCCC(=O)N(C)C. The molecular weight excluding hydrogens is 258 g/mol. The Morgan fingerprint density at radius 1 is 1.25 bits per heavy atom. The van der Waals surface area contributed by atoms with E-state index in [0.717, 1.165) is 6.29 Å². The first-order valence-corrected chi connectivity index (χ1v) is 6.63. The maximum absolute atomic E-state index is 11.4. The first kappa shape index (κ1) is 16.0. The van der Waals surface area contributed by atoms with E-state index in [1.165, 1.54) is 0 Å². The van der Waals surface area contributed by atoms with E-state index in [-0.39, 0.29) is 5.91 Å². The monoisotopic (exact) mass is 279 g/mol. The molecule has 0 aliphatic carbocycles. The van der Waals surface area contributed by atoms with Crippen LogP contribution in [0.5, 0.6) is 11.5 Å². The fourth-order valence-corrected chi connectivity index (χ4v) is 1.61. The number of amides is 1. The van der Waals surface area contributed by atoms with Crippen LogP contribution in [0.1, 0.15) is 30.1 Å². The molecule has 1 amide bonds. The zero-order valence-corrected chi connectivity index (χ0v) is 12.2. The van der Waals surface area contributed by atoms with Crippen molar-refractivity contribution >= 4 is 12.2 Å². The van der Waals surface area contributed by atoms with Crippen molar-refractivity contribution in [3.63, 3.8) is 0 Å². The Morgan fingerprint density at radius 3 is 2.60 bits per heavy atom. The predicted molar refractivity (Wildman–Crippen MR) is 76.4 cm³/mol. The van der Waals surface area contributed by atoms with Crippen molar-refractivity contribution in [2.75, 3.05) is 27.3 Å². The highest BCUT2D eigenvalue weighted by Gasteiger charge is 2.07. The van der Waals surface area contributed by atoms with Gasteiger partial charge in [-0.2, -0.15) is 0 Å². The molecule has 0 saturated heterocycles. The minimum Gasteiger partial charge on any atom is -0.490 e. The van der Waals surface area contributed by atoms with Crippen LogP contribution in [0.2, 0.25) is 0 Å². The van der Waals surface area contributed by atoms with Crippen molar-refractivity contribution in [1.29, 1.82) is 0 Å². The second-order valence-corrected chi connectivity index (χ2v) is 4.50. The van der Waals surface area contributed by atoms with Crippen molar-refractivity contribution in [1.82, 2.24) is 4.90 Å². The van der Waals surface area contributed by atoms with E-state index in [9.17, 15) is 9.59 Å². The molecule has 0 aromatic heterocycles. The average molecular weight is 279 g/mol. The van der Waals surface area contributed by atoms with E-state index >= 15 is 0 Å². The molecule has 0 saturated carbocycles. The molecule has 0 bridgehead atoms. The van der Waals surface area contributed by atoms with Gasteiger partial charge < -0.3 is 14.4 Å². The minimum absolute atomic E-state index is 0.0786. The first-order chi connectivity index (χ1) is 9.58. The summed E-state index contributed by atoms with van der Waals surface area (Å²) in [5.41, 5.74) is 0.545. The van der Waals surface area contributed by atoms with Crippen molar-refractivity contribution in [3.05, 3.63) is 23.8 Å². The average Bonchev–Trinajstić information content (AvgIpc) is 2.44. The lowest BCUT2D eigenvalue weighted by Gasteiger charge is -2.13. The summed E-state index contributed by atoms with van der Waals surface area (Å²) in [6, 6.07) is 5.04. The summed E-state index contributed by atoms with van der Waals surface area (Å²) in [5.74, 6) is 1.22. The van der Waals surface area contributed by atoms with Crippen LogP contribution in [0.3, 0.4) is 0 Å². The van der Waals surface area contributed by atoms with Gasteiger partial charge in [0.15, 0.2) is 11.5 Å². The van der Waals surface area contributed by atoms with Gasteiger partial charge in [-0.15, -0.1) is 0 Å². The van der Waals surface area contributed by atoms with Crippen LogP contribution in [-0.2, 0) is 4.79 Å². The molecular formula is C15H21NO4. The van der Waals surface area contributed by atoms with Crippen LogP contribution in [0.4, 0.5) is 0 Å². The van der Waals surface area contributed by atoms with Gasteiger partial charge in [0, 0.05) is 26.1 Å². The number of ether oxygens (including phenoxy) is 2.